The van der Waals surface area contributed by atoms with Gasteiger partial charge in [0.05, 0.1) is 12.6 Å². The summed E-state index contributed by atoms with van der Waals surface area (Å²) in [7, 11) is 0. The van der Waals surface area contributed by atoms with Crippen molar-refractivity contribution in [3.05, 3.63) is 30.2 Å². The lowest BCUT2D eigenvalue weighted by atomic mass is 10.2. The van der Waals surface area contributed by atoms with E-state index in [-0.39, 0.29) is 6.04 Å². The molecule has 0 bridgehead atoms. The van der Waals surface area contributed by atoms with E-state index >= 15 is 0 Å². The molecule has 1 N–H and O–H groups in total. The highest BCUT2D eigenvalue weighted by Crippen LogP contribution is 2.25. The molecule has 19 heavy (non-hydrogen) atoms. The number of aromatic nitrogens is 2. The van der Waals surface area contributed by atoms with Gasteiger partial charge in [-0.2, -0.15) is 4.98 Å². The highest BCUT2D eigenvalue weighted by molar-refractivity contribution is 5.56. The summed E-state index contributed by atoms with van der Waals surface area (Å²) in [6.07, 6.45) is 2.21. The van der Waals surface area contributed by atoms with E-state index in [1.165, 1.54) is 0 Å². The molecule has 1 atom stereocenters. The van der Waals surface area contributed by atoms with Crippen molar-refractivity contribution in [1.82, 2.24) is 15.5 Å². The van der Waals surface area contributed by atoms with Crippen molar-refractivity contribution in [2.75, 3.05) is 13.2 Å². The van der Waals surface area contributed by atoms with Gasteiger partial charge >= 0.3 is 0 Å². The maximum Gasteiger partial charge on any atom is 0.244 e. The van der Waals surface area contributed by atoms with Gasteiger partial charge in [-0.05, 0) is 38.4 Å². The topological polar surface area (TPSA) is 60.2 Å². The number of nitrogens with zero attached hydrogens (tertiary/aromatic N) is 2. The van der Waals surface area contributed by atoms with Crippen LogP contribution >= 0.6 is 0 Å². The number of nitrogens with one attached hydrogen (secondary N) is 1. The molecule has 0 spiro atoms. The first-order valence-corrected chi connectivity index (χ1v) is 6.67. The molecule has 3 rings (SSSR count). The third-order valence-electron chi connectivity index (χ3n) is 3.20. The summed E-state index contributed by atoms with van der Waals surface area (Å²) in [5, 5.41) is 7.40. The second kappa shape index (κ2) is 5.40. The largest absolute Gasteiger partial charge is 0.494 e. The van der Waals surface area contributed by atoms with Crippen molar-refractivity contribution in [2.45, 2.75) is 25.8 Å². The van der Waals surface area contributed by atoms with Gasteiger partial charge in [-0.25, -0.2) is 0 Å². The molecule has 2 heterocycles. The van der Waals surface area contributed by atoms with Crippen LogP contribution in [0.2, 0.25) is 0 Å². The first kappa shape index (κ1) is 12.2. The van der Waals surface area contributed by atoms with Crippen LogP contribution in [-0.2, 0) is 0 Å². The van der Waals surface area contributed by atoms with Gasteiger partial charge in [0.25, 0.3) is 0 Å². The zero-order chi connectivity index (χ0) is 13.1. The standard InChI is InChI=1S/C14H17N3O2/c1-2-18-11-6-3-5-10(9-11)13-16-14(19-17-13)12-7-4-8-15-12/h3,5-6,9,12,15H,2,4,7-8H2,1H3. The van der Waals surface area contributed by atoms with Gasteiger partial charge in [-0.1, -0.05) is 17.3 Å². The fourth-order valence-electron chi connectivity index (χ4n) is 2.28. The predicted octanol–water partition coefficient (Wildman–Crippen LogP) is 2.56. The molecule has 1 aliphatic rings. The quantitative estimate of drug-likeness (QED) is 0.914. The summed E-state index contributed by atoms with van der Waals surface area (Å²) in [6, 6.07) is 7.95. The van der Waals surface area contributed by atoms with E-state index in [9.17, 15) is 0 Å². The lowest BCUT2D eigenvalue weighted by Gasteiger charge is -2.03. The molecule has 5 heteroatoms. The Balaban J connectivity index is 1.83. The molecule has 1 aromatic heterocycles. The number of hydrogen-bond acceptors (Lipinski definition) is 5. The highest BCUT2D eigenvalue weighted by Gasteiger charge is 2.22. The van der Waals surface area contributed by atoms with Crippen LogP contribution in [0.15, 0.2) is 28.8 Å². The van der Waals surface area contributed by atoms with Gasteiger partial charge in [-0.3, -0.25) is 0 Å². The van der Waals surface area contributed by atoms with Gasteiger partial charge < -0.3 is 14.6 Å². The molecule has 5 nitrogen and oxygen atoms in total. The molecular weight excluding hydrogens is 242 g/mol. The minimum Gasteiger partial charge on any atom is -0.494 e. The molecule has 100 valence electrons. The van der Waals surface area contributed by atoms with E-state index in [4.69, 9.17) is 9.26 Å². The molecule has 0 radical (unpaired) electrons. The van der Waals surface area contributed by atoms with Crippen molar-refractivity contribution in [1.29, 1.82) is 0 Å². The van der Waals surface area contributed by atoms with E-state index in [0.717, 1.165) is 30.7 Å². The Bertz CT molecular complexity index is 547. The van der Waals surface area contributed by atoms with Crippen LogP contribution in [-0.4, -0.2) is 23.3 Å². The summed E-state index contributed by atoms with van der Waals surface area (Å²) >= 11 is 0. The van der Waals surface area contributed by atoms with E-state index in [2.05, 4.69) is 15.5 Å². The smallest absolute Gasteiger partial charge is 0.244 e. The Hall–Kier alpha value is -1.88. The van der Waals surface area contributed by atoms with Crippen LogP contribution in [0.3, 0.4) is 0 Å². The highest BCUT2D eigenvalue weighted by atomic mass is 16.5. The monoisotopic (exact) mass is 259 g/mol. The average Bonchev–Trinajstić information content (AvgIpc) is 3.11. The summed E-state index contributed by atoms with van der Waals surface area (Å²) in [5.41, 5.74) is 0.916. The van der Waals surface area contributed by atoms with E-state index < -0.39 is 0 Å². The van der Waals surface area contributed by atoms with Crippen LogP contribution in [0.1, 0.15) is 31.7 Å². The van der Waals surface area contributed by atoms with E-state index in [1.807, 2.05) is 31.2 Å². The van der Waals surface area contributed by atoms with Crippen molar-refractivity contribution < 1.29 is 9.26 Å². The minimum absolute atomic E-state index is 0.205. The van der Waals surface area contributed by atoms with Gasteiger partial charge in [0.2, 0.25) is 11.7 Å². The van der Waals surface area contributed by atoms with Crippen molar-refractivity contribution in [2.24, 2.45) is 0 Å². The SMILES string of the molecule is CCOc1cccc(-c2noc(C3CCCN3)n2)c1. The van der Waals surface area contributed by atoms with Crippen molar-refractivity contribution in [3.63, 3.8) is 0 Å². The predicted molar refractivity (Wildman–Crippen MR) is 70.9 cm³/mol. The molecule has 1 saturated heterocycles. The normalized spacial score (nSPS) is 18.7. The number of benzene rings is 1. The van der Waals surface area contributed by atoms with Crippen molar-refractivity contribution in [3.8, 4) is 17.1 Å². The number of hydrogen-bond donors (Lipinski definition) is 1. The zero-order valence-electron chi connectivity index (χ0n) is 10.9. The van der Waals surface area contributed by atoms with Crippen LogP contribution in [0.5, 0.6) is 5.75 Å². The van der Waals surface area contributed by atoms with Gasteiger partial charge in [0, 0.05) is 5.56 Å². The average molecular weight is 259 g/mol. The lowest BCUT2D eigenvalue weighted by Crippen LogP contribution is -2.12. The van der Waals surface area contributed by atoms with Crippen LogP contribution < -0.4 is 10.1 Å². The van der Waals surface area contributed by atoms with Crippen LogP contribution in [0.25, 0.3) is 11.4 Å². The van der Waals surface area contributed by atoms with E-state index in [0.29, 0.717) is 18.3 Å². The first-order chi connectivity index (χ1) is 9.36. The summed E-state index contributed by atoms with van der Waals surface area (Å²) in [6.45, 7) is 3.63. The summed E-state index contributed by atoms with van der Waals surface area (Å²) in [4.78, 5) is 4.47. The summed E-state index contributed by atoms with van der Waals surface area (Å²) in [5.74, 6) is 2.12. The molecule has 0 saturated carbocycles. The van der Waals surface area contributed by atoms with Gasteiger partial charge in [0.1, 0.15) is 5.75 Å². The Morgan fingerprint density at radius 3 is 3.21 bits per heavy atom. The third-order valence-corrected chi connectivity index (χ3v) is 3.20. The van der Waals surface area contributed by atoms with Crippen LogP contribution in [0.4, 0.5) is 0 Å². The molecule has 0 amide bonds. The molecular formula is C14H17N3O2. The molecule has 1 aliphatic heterocycles. The fourth-order valence-corrected chi connectivity index (χ4v) is 2.28. The lowest BCUT2D eigenvalue weighted by molar-refractivity contribution is 0.340. The first-order valence-electron chi connectivity index (χ1n) is 6.67. The fraction of sp³-hybridized carbons (Fsp3) is 0.429. The number of ether oxygens (including phenoxy) is 1. The van der Waals surface area contributed by atoms with Gasteiger partial charge in [0.15, 0.2) is 0 Å². The Labute approximate surface area is 112 Å². The number of rotatable bonds is 4. The van der Waals surface area contributed by atoms with E-state index in [1.54, 1.807) is 0 Å². The van der Waals surface area contributed by atoms with Crippen LogP contribution in [0, 0.1) is 0 Å². The molecule has 2 aromatic rings. The zero-order valence-corrected chi connectivity index (χ0v) is 10.9. The molecule has 1 unspecified atom stereocenters. The maximum absolute atomic E-state index is 5.48. The van der Waals surface area contributed by atoms with Crippen molar-refractivity contribution >= 4 is 0 Å². The summed E-state index contributed by atoms with van der Waals surface area (Å²) < 4.78 is 10.8. The Morgan fingerprint density at radius 2 is 2.42 bits per heavy atom. The Kier molecular flexibility index (Phi) is 3.46. The maximum atomic E-state index is 5.48. The van der Waals surface area contributed by atoms with Gasteiger partial charge in [-0.15, -0.1) is 0 Å². The molecule has 1 aromatic carbocycles. The second-order valence-corrected chi connectivity index (χ2v) is 4.57. The third kappa shape index (κ3) is 2.61. The Morgan fingerprint density at radius 1 is 1.47 bits per heavy atom. The minimum atomic E-state index is 0.205. The molecule has 1 fully saturated rings. The molecule has 0 aliphatic carbocycles. The second-order valence-electron chi connectivity index (χ2n) is 4.57.